The van der Waals surface area contributed by atoms with E-state index in [1.165, 1.54) is 0 Å². The molecule has 0 aliphatic heterocycles. The van der Waals surface area contributed by atoms with E-state index in [1.54, 1.807) is 11.3 Å². The third-order valence-corrected chi connectivity index (χ3v) is 4.57. The molecule has 1 atom stereocenters. The van der Waals surface area contributed by atoms with Crippen molar-refractivity contribution in [3.63, 3.8) is 0 Å². The molecule has 1 unspecified atom stereocenters. The zero-order valence-corrected chi connectivity index (χ0v) is 13.4. The van der Waals surface area contributed by atoms with Crippen LogP contribution in [0.15, 0.2) is 40.8 Å². The highest BCUT2D eigenvalue weighted by Gasteiger charge is 2.13. The summed E-state index contributed by atoms with van der Waals surface area (Å²) in [5.74, 6) is 1.65. The number of carbonyl (C=O) groups is 1. The number of nitrogens with zero attached hydrogens (tertiary/aromatic N) is 1. The summed E-state index contributed by atoms with van der Waals surface area (Å²) in [5, 5.41) is 3.96. The van der Waals surface area contributed by atoms with Gasteiger partial charge in [0.15, 0.2) is 0 Å². The van der Waals surface area contributed by atoms with E-state index in [2.05, 4.69) is 16.4 Å². The predicted molar refractivity (Wildman–Crippen MR) is 87.9 cm³/mol. The van der Waals surface area contributed by atoms with E-state index in [0.717, 1.165) is 26.7 Å². The minimum absolute atomic E-state index is 0.0146. The molecule has 5 heteroatoms. The highest BCUT2D eigenvalue weighted by Crippen LogP contribution is 2.22. The first-order valence-corrected chi connectivity index (χ1v) is 8.13. The molecule has 0 saturated carbocycles. The first kappa shape index (κ1) is 14.8. The highest BCUT2D eigenvalue weighted by molar-refractivity contribution is 7.18. The number of para-hydroxylation sites is 1. The number of hydrogen-bond acceptors (Lipinski definition) is 4. The number of amides is 1. The molecule has 0 fully saturated rings. The molecule has 1 amide bonds. The number of carbonyl (C=O) groups excluding carboxylic acids is 1. The molecular formula is C17H18N2O2S. The third kappa shape index (κ3) is 3.36. The SMILES string of the molecule is Cc1ccc(C(C)NC(=O)CCc2nc3ccccc3s2)o1. The second kappa shape index (κ2) is 6.32. The molecular weight excluding hydrogens is 296 g/mol. The molecule has 22 heavy (non-hydrogen) atoms. The Morgan fingerprint density at radius 1 is 1.32 bits per heavy atom. The zero-order valence-electron chi connectivity index (χ0n) is 12.6. The molecule has 4 nitrogen and oxygen atoms in total. The summed E-state index contributed by atoms with van der Waals surface area (Å²) in [6, 6.07) is 11.7. The lowest BCUT2D eigenvalue weighted by atomic mass is 10.2. The maximum Gasteiger partial charge on any atom is 0.220 e. The largest absolute Gasteiger partial charge is 0.464 e. The number of rotatable bonds is 5. The van der Waals surface area contributed by atoms with Crippen LogP contribution in [0.25, 0.3) is 10.2 Å². The fraction of sp³-hybridized carbons (Fsp3) is 0.294. The van der Waals surface area contributed by atoms with E-state index in [4.69, 9.17) is 4.42 Å². The number of furan rings is 1. The van der Waals surface area contributed by atoms with Gasteiger partial charge in [-0.25, -0.2) is 4.98 Å². The Morgan fingerprint density at radius 3 is 2.86 bits per heavy atom. The number of benzene rings is 1. The summed E-state index contributed by atoms with van der Waals surface area (Å²) in [6.45, 7) is 3.82. The van der Waals surface area contributed by atoms with E-state index in [1.807, 2.05) is 44.2 Å². The average molecular weight is 314 g/mol. The van der Waals surface area contributed by atoms with Crippen molar-refractivity contribution in [3.8, 4) is 0 Å². The predicted octanol–water partition coefficient (Wildman–Crippen LogP) is 4.01. The lowest BCUT2D eigenvalue weighted by molar-refractivity contribution is -0.121. The maximum absolute atomic E-state index is 12.0. The van der Waals surface area contributed by atoms with Crippen LogP contribution in [-0.4, -0.2) is 10.9 Å². The number of nitrogens with one attached hydrogen (secondary N) is 1. The van der Waals surface area contributed by atoms with Crippen LogP contribution in [0.2, 0.25) is 0 Å². The van der Waals surface area contributed by atoms with Gasteiger partial charge in [-0.15, -0.1) is 11.3 Å². The maximum atomic E-state index is 12.0. The quantitative estimate of drug-likeness (QED) is 0.774. The molecule has 3 aromatic rings. The van der Waals surface area contributed by atoms with Crippen LogP contribution < -0.4 is 5.32 Å². The van der Waals surface area contributed by atoms with Crippen molar-refractivity contribution in [2.24, 2.45) is 0 Å². The molecule has 0 radical (unpaired) electrons. The topological polar surface area (TPSA) is 55.1 Å². The van der Waals surface area contributed by atoms with Gasteiger partial charge in [-0.2, -0.15) is 0 Å². The Labute approximate surface area is 133 Å². The Morgan fingerprint density at radius 2 is 2.14 bits per heavy atom. The fourth-order valence-electron chi connectivity index (χ4n) is 2.32. The first-order chi connectivity index (χ1) is 10.6. The third-order valence-electron chi connectivity index (χ3n) is 3.47. The van der Waals surface area contributed by atoms with E-state index in [9.17, 15) is 4.79 Å². The number of aromatic nitrogens is 1. The molecule has 0 aliphatic carbocycles. The van der Waals surface area contributed by atoms with Crippen molar-refractivity contribution >= 4 is 27.5 Å². The van der Waals surface area contributed by atoms with Crippen LogP contribution in [0.5, 0.6) is 0 Å². The van der Waals surface area contributed by atoms with Crippen molar-refractivity contribution in [3.05, 3.63) is 52.9 Å². The average Bonchev–Trinajstić information content (AvgIpc) is 3.10. The minimum atomic E-state index is -0.114. The molecule has 0 saturated heterocycles. The smallest absolute Gasteiger partial charge is 0.220 e. The van der Waals surface area contributed by atoms with Crippen LogP contribution in [0.1, 0.15) is 35.9 Å². The van der Waals surface area contributed by atoms with Crippen LogP contribution in [0, 0.1) is 6.92 Å². The van der Waals surface area contributed by atoms with Crippen molar-refractivity contribution < 1.29 is 9.21 Å². The van der Waals surface area contributed by atoms with Crippen molar-refractivity contribution in [2.45, 2.75) is 32.7 Å². The first-order valence-electron chi connectivity index (χ1n) is 7.32. The minimum Gasteiger partial charge on any atom is -0.464 e. The van der Waals surface area contributed by atoms with Gasteiger partial charge in [0.2, 0.25) is 5.91 Å². The Bertz CT molecular complexity index is 758. The van der Waals surface area contributed by atoms with Gasteiger partial charge in [0.25, 0.3) is 0 Å². The van der Waals surface area contributed by atoms with Gasteiger partial charge in [-0.05, 0) is 38.1 Å². The summed E-state index contributed by atoms with van der Waals surface area (Å²) in [5.41, 5.74) is 1.00. The van der Waals surface area contributed by atoms with Gasteiger partial charge >= 0.3 is 0 Å². The van der Waals surface area contributed by atoms with Gasteiger partial charge in [0.05, 0.1) is 21.3 Å². The molecule has 0 spiro atoms. The van der Waals surface area contributed by atoms with Crippen molar-refractivity contribution in [1.29, 1.82) is 0 Å². The molecule has 114 valence electrons. The summed E-state index contributed by atoms with van der Waals surface area (Å²) in [6.07, 6.45) is 1.10. The van der Waals surface area contributed by atoms with E-state index < -0.39 is 0 Å². The van der Waals surface area contributed by atoms with Crippen molar-refractivity contribution in [1.82, 2.24) is 10.3 Å². The Kier molecular flexibility index (Phi) is 4.24. The second-order valence-corrected chi connectivity index (χ2v) is 6.43. The van der Waals surface area contributed by atoms with Crippen LogP contribution >= 0.6 is 11.3 Å². The summed E-state index contributed by atoms with van der Waals surface area (Å²) >= 11 is 1.65. The van der Waals surface area contributed by atoms with E-state index in [0.29, 0.717) is 12.8 Å². The van der Waals surface area contributed by atoms with Crippen LogP contribution in [-0.2, 0) is 11.2 Å². The van der Waals surface area contributed by atoms with E-state index in [-0.39, 0.29) is 11.9 Å². The van der Waals surface area contributed by atoms with E-state index >= 15 is 0 Å². The highest BCUT2D eigenvalue weighted by atomic mass is 32.1. The van der Waals surface area contributed by atoms with Gasteiger partial charge in [-0.3, -0.25) is 4.79 Å². The van der Waals surface area contributed by atoms with Crippen LogP contribution in [0.4, 0.5) is 0 Å². The summed E-state index contributed by atoms with van der Waals surface area (Å²) in [4.78, 5) is 16.6. The molecule has 2 aromatic heterocycles. The second-order valence-electron chi connectivity index (χ2n) is 5.31. The number of aryl methyl sites for hydroxylation is 2. The molecule has 0 bridgehead atoms. The molecule has 2 heterocycles. The molecule has 0 aliphatic rings. The summed E-state index contributed by atoms with van der Waals surface area (Å²) in [7, 11) is 0. The number of thiazole rings is 1. The van der Waals surface area contributed by atoms with Gasteiger partial charge < -0.3 is 9.73 Å². The van der Waals surface area contributed by atoms with Crippen molar-refractivity contribution in [2.75, 3.05) is 0 Å². The lowest BCUT2D eigenvalue weighted by Gasteiger charge is -2.10. The Balaban J connectivity index is 1.55. The standard InChI is InChI=1S/C17H18N2O2S/c1-11-7-8-14(21-11)12(2)18-16(20)9-10-17-19-13-5-3-4-6-15(13)22-17/h3-8,12H,9-10H2,1-2H3,(H,18,20). The lowest BCUT2D eigenvalue weighted by Crippen LogP contribution is -2.26. The zero-order chi connectivity index (χ0) is 15.5. The van der Waals surface area contributed by atoms with Gasteiger partial charge in [0, 0.05) is 12.8 Å². The normalized spacial score (nSPS) is 12.5. The monoisotopic (exact) mass is 314 g/mol. The molecule has 1 aromatic carbocycles. The van der Waals surface area contributed by atoms with Gasteiger partial charge in [0.1, 0.15) is 11.5 Å². The summed E-state index contributed by atoms with van der Waals surface area (Å²) < 4.78 is 6.69. The number of hydrogen-bond donors (Lipinski definition) is 1. The molecule has 1 N–H and O–H groups in total. The number of fused-ring (bicyclic) bond motifs is 1. The van der Waals surface area contributed by atoms with Crippen LogP contribution in [0.3, 0.4) is 0 Å². The van der Waals surface area contributed by atoms with Gasteiger partial charge in [-0.1, -0.05) is 12.1 Å². The molecule has 3 rings (SSSR count). The fourth-order valence-corrected chi connectivity index (χ4v) is 3.29. The Hall–Kier alpha value is -2.14.